The van der Waals surface area contributed by atoms with Crippen LogP contribution in [0.25, 0.3) is 0 Å². The molecular formula is C16H16Cl2FN. The van der Waals surface area contributed by atoms with Crippen LogP contribution in [-0.4, -0.2) is 6.54 Å². The van der Waals surface area contributed by atoms with E-state index in [4.69, 9.17) is 23.2 Å². The zero-order valence-corrected chi connectivity index (χ0v) is 12.7. The second-order valence-electron chi connectivity index (χ2n) is 4.61. The Hall–Kier alpha value is -1.09. The van der Waals surface area contributed by atoms with E-state index in [1.807, 2.05) is 18.2 Å². The molecule has 1 nitrogen and oxygen atoms in total. The van der Waals surface area contributed by atoms with Crippen molar-refractivity contribution in [2.24, 2.45) is 0 Å². The molecule has 0 aliphatic rings. The van der Waals surface area contributed by atoms with Gasteiger partial charge in [-0.25, -0.2) is 4.39 Å². The summed E-state index contributed by atoms with van der Waals surface area (Å²) in [4.78, 5) is 0. The van der Waals surface area contributed by atoms with Crippen molar-refractivity contribution >= 4 is 23.2 Å². The quantitative estimate of drug-likeness (QED) is 0.798. The highest BCUT2D eigenvalue weighted by atomic mass is 35.5. The third-order valence-corrected chi connectivity index (χ3v) is 3.52. The summed E-state index contributed by atoms with van der Waals surface area (Å²) < 4.78 is 14.2. The van der Waals surface area contributed by atoms with Crippen LogP contribution in [0.1, 0.15) is 30.5 Å². The van der Waals surface area contributed by atoms with Gasteiger partial charge < -0.3 is 5.32 Å². The molecule has 106 valence electrons. The van der Waals surface area contributed by atoms with Gasteiger partial charge in [0, 0.05) is 15.6 Å². The average molecular weight is 312 g/mol. The maximum Gasteiger partial charge on any atom is 0.129 e. The van der Waals surface area contributed by atoms with E-state index in [0.717, 1.165) is 18.5 Å². The number of benzene rings is 2. The Morgan fingerprint density at radius 3 is 2.50 bits per heavy atom. The van der Waals surface area contributed by atoms with Crippen LogP contribution in [0.3, 0.4) is 0 Å². The zero-order valence-electron chi connectivity index (χ0n) is 11.2. The van der Waals surface area contributed by atoms with Crippen molar-refractivity contribution in [1.29, 1.82) is 0 Å². The highest BCUT2D eigenvalue weighted by Crippen LogP contribution is 2.28. The Bertz CT molecular complexity index is 586. The van der Waals surface area contributed by atoms with E-state index >= 15 is 0 Å². The van der Waals surface area contributed by atoms with E-state index in [9.17, 15) is 4.39 Å². The maximum atomic E-state index is 14.2. The Kier molecular flexibility index (Phi) is 5.41. The monoisotopic (exact) mass is 311 g/mol. The molecule has 4 heteroatoms. The molecule has 0 bridgehead atoms. The standard InChI is InChI=1S/C16H16Cl2FN/c1-2-8-20-16(11-4-3-5-12(17)9-11)14-7-6-13(18)10-15(14)19/h3-7,9-10,16,20H,2,8H2,1H3. The number of rotatable bonds is 5. The van der Waals surface area contributed by atoms with Gasteiger partial charge in [0.15, 0.2) is 0 Å². The third-order valence-electron chi connectivity index (χ3n) is 3.05. The molecule has 0 radical (unpaired) electrons. The molecule has 2 aromatic carbocycles. The SMILES string of the molecule is CCCNC(c1cccc(Cl)c1)c1ccc(Cl)cc1F. The lowest BCUT2D eigenvalue weighted by molar-refractivity contribution is 0.547. The molecular weight excluding hydrogens is 296 g/mol. The summed E-state index contributed by atoms with van der Waals surface area (Å²) in [6.07, 6.45) is 0.965. The predicted octanol–water partition coefficient (Wildman–Crippen LogP) is 5.22. The molecule has 20 heavy (non-hydrogen) atoms. The summed E-state index contributed by atoms with van der Waals surface area (Å²) in [5.41, 5.74) is 1.51. The number of hydrogen-bond acceptors (Lipinski definition) is 1. The van der Waals surface area contributed by atoms with Gasteiger partial charge in [0.2, 0.25) is 0 Å². The first-order chi connectivity index (χ1) is 9.61. The van der Waals surface area contributed by atoms with Crippen molar-refractivity contribution < 1.29 is 4.39 Å². The number of nitrogens with one attached hydrogen (secondary N) is 1. The lowest BCUT2D eigenvalue weighted by atomic mass is 9.98. The van der Waals surface area contributed by atoms with Gasteiger partial charge in [-0.3, -0.25) is 0 Å². The summed E-state index contributed by atoms with van der Waals surface area (Å²) in [5, 5.41) is 4.38. The van der Waals surface area contributed by atoms with Gasteiger partial charge in [0.1, 0.15) is 5.82 Å². The van der Waals surface area contributed by atoms with Gasteiger partial charge in [0.05, 0.1) is 6.04 Å². The van der Waals surface area contributed by atoms with Gasteiger partial charge in [-0.1, -0.05) is 48.3 Å². The largest absolute Gasteiger partial charge is 0.306 e. The lowest BCUT2D eigenvalue weighted by Gasteiger charge is -2.20. The van der Waals surface area contributed by atoms with Crippen molar-refractivity contribution in [3.8, 4) is 0 Å². The molecule has 0 aliphatic heterocycles. The third kappa shape index (κ3) is 3.72. The van der Waals surface area contributed by atoms with E-state index < -0.39 is 0 Å². The molecule has 2 rings (SSSR count). The van der Waals surface area contributed by atoms with E-state index in [1.165, 1.54) is 6.07 Å². The molecule has 0 heterocycles. The Morgan fingerprint density at radius 2 is 1.85 bits per heavy atom. The summed E-state index contributed by atoms with van der Waals surface area (Å²) in [6.45, 7) is 2.86. The molecule has 1 N–H and O–H groups in total. The van der Waals surface area contributed by atoms with Crippen LogP contribution in [0, 0.1) is 5.82 Å². The minimum Gasteiger partial charge on any atom is -0.306 e. The number of hydrogen-bond donors (Lipinski definition) is 1. The van der Waals surface area contributed by atoms with Crippen LogP contribution in [0.2, 0.25) is 10.0 Å². The van der Waals surface area contributed by atoms with Crippen LogP contribution < -0.4 is 5.32 Å². The molecule has 2 aromatic rings. The summed E-state index contributed by atoms with van der Waals surface area (Å²) >= 11 is 11.8. The van der Waals surface area contributed by atoms with Gasteiger partial charge >= 0.3 is 0 Å². The van der Waals surface area contributed by atoms with E-state index in [1.54, 1.807) is 18.2 Å². The molecule has 0 saturated heterocycles. The fourth-order valence-corrected chi connectivity index (χ4v) is 2.48. The van der Waals surface area contributed by atoms with Crippen LogP contribution >= 0.6 is 23.2 Å². The molecule has 1 atom stereocenters. The van der Waals surface area contributed by atoms with E-state index in [-0.39, 0.29) is 11.9 Å². The fraction of sp³-hybridized carbons (Fsp3) is 0.250. The smallest absolute Gasteiger partial charge is 0.129 e. The summed E-state index contributed by atoms with van der Waals surface area (Å²) in [6, 6.07) is 12.0. The summed E-state index contributed by atoms with van der Waals surface area (Å²) in [7, 11) is 0. The first-order valence-corrected chi connectivity index (χ1v) is 7.31. The van der Waals surface area contributed by atoms with Gasteiger partial charge in [-0.2, -0.15) is 0 Å². The highest BCUT2D eigenvalue weighted by molar-refractivity contribution is 6.30. The van der Waals surface area contributed by atoms with Gasteiger partial charge in [0.25, 0.3) is 0 Å². The molecule has 0 aliphatic carbocycles. The molecule has 0 amide bonds. The normalized spacial score (nSPS) is 12.4. The first kappa shape index (κ1) is 15.3. The summed E-state index contributed by atoms with van der Waals surface area (Å²) in [5.74, 6) is -0.314. The van der Waals surface area contributed by atoms with Crippen LogP contribution in [0.5, 0.6) is 0 Å². The molecule has 0 saturated carbocycles. The molecule has 1 unspecified atom stereocenters. The average Bonchev–Trinajstić information content (AvgIpc) is 2.41. The van der Waals surface area contributed by atoms with Crippen molar-refractivity contribution in [2.45, 2.75) is 19.4 Å². The van der Waals surface area contributed by atoms with E-state index in [0.29, 0.717) is 15.6 Å². The topological polar surface area (TPSA) is 12.0 Å². The van der Waals surface area contributed by atoms with Crippen molar-refractivity contribution in [3.63, 3.8) is 0 Å². The Labute approximate surface area is 128 Å². The van der Waals surface area contributed by atoms with Crippen molar-refractivity contribution in [3.05, 3.63) is 69.5 Å². The van der Waals surface area contributed by atoms with E-state index in [2.05, 4.69) is 12.2 Å². The van der Waals surface area contributed by atoms with Crippen LogP contribution in [0.15, 0.2) is 42.5 Å². The maximum absolute atomic E-state index is 14.2. The van der Waals surface area contributed by atoms with Crippen LogP contribution in [-0.2, 0) is 0 Å². The highest BCUT2D eigenvalue weighted by Gasteiger charge is 2.17. The van der Waals surface area contributed by atoms with Gasteiger partial charge in [-0.15, -0.1) is 0 Å². The van der Waals surface area contributed by atoms with Crippen molar-refractivity contribution in [2.75, 3.05) is 6.54 Å². The van der Waals surface area contributed by atoms with Crippen LogP contribution in [0.4, 0.5) is 4.39 Å². The second-order valence-corrected chi connectivity index (χ2v) is 5.48. The molecule has 0 spiro atoms. The zero-order chi connectivity index (χ0) is 14.5. The fourth-order valence-electron chi connectivity index (χ4n) is 2.12. The number of halogens is 3. The minimum atomic E-state index is -0.314. The van der Waals surface area contributed by atoms with Gasteiger partial charge in [-0.05, 0) is 42.8 Å². The molecule has 0 aromatic heterocycles. The van der Waals surface area contributed by atoms with Crippen molar-refractivity contribution in [1.82, 2.24) is 5.32 Å². The lowest BCUT2D eigenvalue weighted by Crippen LogP contribution is -2.24. The molecule has 0 fully saturated rings. The Balaban J connectivity index is 2.41. The predicted molar refractivity (Wildman–Crippen MR) is 83.0 cm³/mol. The Morgan fingerprint density at radius 1 is 1.10 bits per heavy atom. The second kappa shape index (κ2) is 7.07. The minimum absolute atomic E-state index is 0.231. The first-order valence-electron chi connectivity index (χ1n) is 6.55.